The molecule has 3 spiro atoms. The van der Waals surface area contributed by atoms with Crippen molar-refractivity contribution in [3.05, 3.63) is 389 Å². The predicted octanol–water partition coefficient (Wildman–Crippen LogP) is 19.0. The number of nitriles is 2. The molecule has 6 N–H and O–H groups in total. The number of hydrogen-bond donors (Lipinski definition) is 5. The summed E-state index contributed by atoms with van der Waals surface area (Å²) >= 11 is 20.0. The number of benzene rings is 12. The molecule has 7 unspecified atom stereocenters. The maximum absolute atomic E-state index is 12.6. The second-order valence-corrected chi connectivity index (χ2v) is 41.5. The van der Waals surface area contributed by atoms with Gasteiger partial charge < -0.3 is 70.3 Å². The minimum atomic E-state index is -1.08. The number of thioether (sulfide) groups is 1. The minimum absolute atomic E-state index is 0. The van der Waals surface area contributed by atoms with Crippen molar-refractivity contribution < 1.29 is 59.6 Å². The number of thiocarbonyl (C=S) groups is 2. The molecule has 0 saturated carbocycles. The molecule has 11 aliphatic carbocycles. The lowest BCUT2D eigenvalue weighted by atomic mass is 9.42. The van der Waals surface area contributed by atoms with Crippen molar-refractivity contribution in [2.75, 3.05) is 52.4 Å². The molecule has 28 rings (SSSR count). The highest BCUT2D eigenvalue weighted by Gasteiger charge is 2.74. The zero-order valence-corrected chi connectivity index (χ0v) is 80.9. The van der Waals surface area contributed by atoms with Crippen LogP contribution in [0.5, 0.6) is 23.0 Å². The molecular formula is C115H98N6O11S6. The fourth-order valence-electron chi connectivity index (χ4n) is 23.8. The number of aromatic hydroxyl groups is 4. The molecular weight excluding hydrogens is 1830 g/mol. The third-order valence-corrected chi connectivity index (χ3v) is 33.9. The first kappa shape index (κ1) is 93.6. The number of hydrogen-bond acceptors (Lipinski definition) is 19. The van der Waals surface area contributed by atoms with Crippen LogP contribution in [-0.2, 0) is 52.8 Å². The number of quaternary nitrogens is 1. The number of ketones is 5. The summed E-state index contributed by atoms with van der Waals surface area (Å²) in [5.41, 5.74) is 21.1. The highest BCUT2D eigenvalue weighted by atomic mass is 32.2. The number of carboxylic acid groups (broad SMARTS) is 1. The van der Waals surface area contributed by atoms with Gasteiger partial charge in [0.05, 0.1) is 39.5 Å². The normalized spacial score (nSPS) is 22.1. The molecule has 15 aliphatic rings. The molecule has 690 valence electrons. The Labute approximate surface area is 828 Å². The summed E-state index contributed by atoms with van der Waals surface area (Å²) in [5, 5.41) is 77.7. The molecule has 0 bridgehead atoms. The highest BCUT2D eigenvalue weighted by molar-refractivity contribution is 8.23. The van der Waals surface area contributed by atoms with Crippen molar-refractivity contribution in [3.63, 3.8) is 0 Å². The molecule has 138 heavy (non-hydrogen) atoms. The van der Waals surface area contributed by atoms with Gasteiger partial charge in [-0.15, -0.1) is 0 Å². The van der Waals surface area contributed by atoms with E-state index in [2.05, 4.69) is 214 Å². The van der Waals surface area contributed by atoms with Crippen LogP contribution >= 0.6 is 58.9 Å². The Bertz CT molecular complexity index is 7150. The number of aliphatic carboxylic acids is 1. The summed E-state index contributed by atoms with van der Waals surface area (Å²) in [4.78, 5) is 70.2. The minimum Gasteiger partial charge on any atom is -0.550 e. The molecule has 0 amide bonds. The number of carbonyl (C=O) groups is 6. The summed E-state index contributed by atoms with van der Waals surface area (Å²) < 4.78 is 6.74. The van der Waals surface area contributed by atoms with Crippen molar-refractivity contribution in [2.24, 2.45) is 0 Å². The number of allylic oxidation sites excluding steroid dienone is 8. The van der Waals surface area contributed by atoms with Crippen molar-refractivity contribution in [1.82, 2.24) is 14.4 Å². The third kappa shape index (κ3) is 15.9. The maximum atomic E-state index is 12.6. The summed E-state index contributed by atoms with van der Waals surface area (Å²) in [6.07, 6.45) is 18.1. The van der Waals surface area contributed by atoms with Crippen molar-refractivity contribution in [2.45, 2.75) is 128 Å². The van der Waals surface area contributed by atoms with E-state index in [0.29, 0.717) is 26.5 Å². The van der Waals surface area contributed by atoms with Crippen LogP contribution in [0.4, 0.5) is 0 Å². The van der Waals surface area contributed by atoms with Crippen LogP contribution in [-0.4, -0.2) is 126 Å². The molecule has 23 heteroatoms. The first-order valence-electron chi connectivity index (χ1n) is 46.9. The summed E-state index contributed by atoms with van der Waals surface area (Å²) in [6, 6.07) is 86.8. The second-order valence-electron chi connectivity index (χ2n) is 36.6. The van der Waals surface area contributed by atoms with Crippen molar-refractivity contribution >= 4 is 146 Å². The second kappa shape index (κ2) is 39.2. The average Bonchev–Trinajstić information content (AvgIpc) is 1.47. The smallest absolute Gasteiger partial charge is 0.315 e. The third-order valence-electron chi connectivity index (χ3n) is 29.2. The van der Waals surface area contributed by atoms with E-state index >= 15 is 0 Å². The number of nitrogens with zero attached hydrogens (tertiary/aromatic N) is 5. The topological polar surface area (TPSA) is 280 Å². The van der Waals surface area contributed by atoms with Crippen molar-refractivity contribution in [3.8, 4) is 35.1 Å². The van der Waals surface area contributed by atoms with Gasteiger partial charge in [0.2, 0.25) is 0 Å². The molecule has 1 aromatic heterocycles. The monoisotopic (exact) mass is 1930 g/mol. The Morgan fingerprint density at radius 1 is 0.449 bits per heavy atom. The maximum Gasteiger partial charge on any atom is 0.315 e. The van der Waals surface area contributed by atoms with Gasteiger partial charge in [-0.2, -0.15) is 10.5 Å². The van der Waals surface area contributed by atoms with Gasteiger partial charge in [0.1, 0.15) is 46.8 Å². The van der Waals surface area contributed by atoms with Crippen LogP contribution in [0, 0.1) is 22.7 Å². The zero-order chi connectivity index (χ0) is 96.0. The van der Waals surface area contributed by atoms with Gasteiger partial charge in [-0.1, -0.05) is 275 Å². The number of Topliss-reactive ketones (excluding diaryl/α,β-unsaturated/α-hetero) is 1. The molecule has 12 aromatic carbocycles. The number of phenols is 4. The van der Waals surface area contributed by atoms with E-state index in [4.69, 9.17) is 57.5 Å². The Morgan fingerprint density at radius 3 is 1.10 bits per heavy atom. The lowest BCUT2D eigenvalue weighted by Crippen LogP contribution is -2.80. The van der Waals surface area contributed by atoms with E-state index in [0.717, 1.165) is 112 Å². The lowest BCUT2D eigenvalue weighted by molar-refractivity contribution is -0.635. The molecule has 4 aliphatic heterocycles. The lowest BCUT2D eigenvalue weighted by Gasteiger charge is -2.59. The van der Waals surface area contributed by atoms with Crippen LogP contribution in [0.3, 0.4) is 0 Å². The van der Waals surface area contributed by atoms with Crippen LogP contribution in [0.1, 0.15) is 207 Å². The number of fused-ring (bicyclic) bond motifs is 23. The Balaban J connectivity index is 0.000000106. The van der Waals surface area contributed by atoms with Gasteiger partial charge in [-0.05, 0) is 182 Å². The average molecular weight is 1930 g/mol. The largest absolute Gasteiger partial charge is 0.550 e. The Kier molecular flexibility index (Phi) is 26.6. The van der Waals surface area contributed by atoms with Gasteiger partial charge in [0, 0.05) is 149 Å². The Morgan fingerprint density at radius 2 is 0.775 bits per heavy atom. The van der Waals surface area contributed by atoms with E-state index in [1.54, 1.807) is 47.8 Å². The van der Waals surface area contributed by atoms with Gasteiger partial charge in [0.25, 0.3) is 0 Å². The van der Waals surface area contributed by atoms with Crippen LogP contribution in [0.2, 0.25) is 0 Å². The first-order valence-corrected chi connectivity index (χ1v) is 50.6. The van der Waals surface area contributed by atoms with Gasteiger partial charge in [0.15, 0.2) is 28.9 Å². The van der Waals surface area contributed by atoms with Crippen LogP contribution in [0.25, 0.3) is 30.9 Å². The molecule has 7 atom stereocenters. The molecule has 0 radical (unpaired) electrons. The fraction of sp³-hybridized carbons (Fsp3) is 0.243. The number of carboxylic acids is 1. The van der Waals surface area contributed by atoms with E-state index in [1.807, 2.05) is 42.5 Å². The first-order chi connectivity index (χ1) is 67.1. The van der Waals surface area contributed by atoms with E-state index < -0.39 is 5.97 Å². The summed E-state index contributed by atoms with van der Waals surface area (Å²) in [6.45, 7) is 11.5. The zero-order valence-electron chi connectivity index (χ0n) is 76.0. The quantitative estimate of drug-likeness (QED) is 0.0157. The molecule has 13 aromatic rings. The summed E-state index contributed by atoms with van der Waals surface area (Å²) in [7, 11) is 0. The van der Waals surface area contributed by atoms with Gasteiger partial charge in [-0.25, -0.2) is 4.58 Å². The number of rotatable bonds is 2. The van der Waals surface area contributed by atoms with E-state index in [-0.39, 0.29) is 92.8 Å². The van der Waals surface area contributed by atoms with Crippen LogP contribution < -0.4 is 19.0 Å². The number of nitrogens with two attached hydrogens (primary N) is 1. The fourth-order valence-corrected chi connectivity index (χ4v) is 28.2. The van der Waals surface area contributed by atoms with Crippen LogP contribution in [0.15, 0.2) is 295 Å². The highest BCUT2D eigenvalue weighted by Crippen LogP contribution is 2.82. The molecule has 4 saturated heterocycles. The molecule has 17 nitrogen and oxygen atoms in total. The standard InChI is InChI=1S/C26H19NO2S2.C26H21NO2S2.C21H12O2.C14H10.C8H8O.C6H4O2.C5H9NS2.C4H9N.C3H2N2.C2H4O2/c28-21-17-18(22(29)24-23(21)30-25(31-24)27-11-5-6-12-27)20-14-8-2-4-10-16(14)26(20)15-9-3-1-7-13(15)19(17)26;28-18-13-19(31-25(30)27-11-5-6-12-27)24(29)21-20(18)22-14-7-1-3-9-16(14)26(22)17-10-4-2-8-15(17)23(21)26;22-15-9-10-16(23)18-17(15)19-11-5-1-3-7-13(11)21(19)14-8-4-2-6-12(14)20(18)21;1-2-6-12-10-14-8-4-3-7-13(14)9-11(12)5-1;1-7(9)8-5-3-2-4-6-8;7-5-1-2-6(8)4-3-5;7-5(8)6-3-1-2-4-6;1-2-4-5-3-1;4-2-1-3-5;1-2(3)4/h1-4,7-10,19-20H,5-6,11-12H2,(H-,28,29);1-4,7-10,13,22-23,28-29H,5-6,11-12H2;1-10,19-20H;1-10H;2-6H,1H3;1-4H;1-4H2,(H,7,8);5H,1-4H2;1H2;1H3,(H,3,4). The number of likely N-dealkylation sites (tertiary alicyclic amines) is 2. The number of phenolic OH excluding ortho intramolecular Hbond substituents is 4. The van der Waals surface area contributed by atoms with Gasteiger partial charge in [-0.3, -0.25) is 24.0 Å². The molecule has 4 fully saturated rings. The van der Waals surface area contributed by atoms with E-state index in [1.165, 1.54) is 192 Å². The SMILES string of the molecule is C1CC[NH2+]C1.CC(=O)[O-].CC(=O)c1ccccc1.N#CCC#N.O=C1C=CC(=O)C2=C1C1c3ccccc3C13c1ccccc1C23.O=C1C=CC(=O)C=C1.Oc1c2c(c(O)c3sc(=[N+]4CCCC4)sc13)C1c3ccccc3C13c1ccccc1C23.Oc1cc(SC(=S)N2CCCC2)c(O)c2c1C1c3ccccc3C13c1ccccc1C23.S=C([S-])N1CCCC1.c1ccc2cc3ccccc3cc2c1. The predicted molar refractivity (Wildman–Crippen MR) is 551 cm³/mol. The Hall–Kier alpha value is -13.5. The van der Waals surface area contributed by atoms with E-state index in [9.17, 15) is 44.4 Å². The van der Waals surface area contributed by atoms with Crippen molar-refractivity contribution in [1.29, 1.82) is 10.5 Å². The van der Waals surface area contributed by atoms with Gasteiger partial charge >= 0.3 is 3.98 Å². The summed E-state index contributed by atoms with van der Waals surface area (Å²) in [5.74, 6) is 0.693. The number of carbonyl (C=O) groups excluding carboxylic acids is 6. The molecule has 5 heterocycles.